The quantitative estimate of drug-likeness (QED) is 0.787. The van der Waals surface area contributed by atoms with E-state index in [0.29, 0.717) is 18.4 Å². The number of rotatable bonds is 6. The van der Waals surface area contributed by atoms with Crippen LogP contribution in [0.2, 0.25) is 0 Å². The molecule has 1 N–H and O–H groups in total. The van der Waals surface area contributed by atoms with E-state index in [9.17, 15) is 4.79 Å². The van der Waals surface area contributed by atoms with Crippen molar-refractivity contribution in [3.8, 4) is 0 Å². The maximum atomic E-state index is 13.0. The molecular weight excluding hydrogens is 385 g/mol. The fourth-order valence-corrected chi connectivity index (χ4v) is 4.22. The largest absolute Gasteiger partial charge is 0.316 e. The third-order valence-corrected chi connectivity index (χ3v) is 5.63. The molecule has 4 heterocycles. The molecule has 2 aromatic heterocycles. The minimum absolute atomic E-state index is 0. The Morgan fingerprint density at radius 2 is 2.15 bits per heavy atom. The van der Waals surface area contributed by atoms with Crippen molar-refractivity contribution in [1.82, 2.24) is 24.6 Å². The summed E-state index contributed by atoms with van der Waals surface area (Å²) in [7, 11) is 0. The van der Waals surface area contributed by atoms with Gasteiger partial charge in [0.1, 0.15) is 0 Å². The Kier molecular flexibility index (Phi) is 7.91. The fraction of sp³-hybridized carbons (Fsp3) is 0.579. The van der Waals surface area contributed by atoms with Crippen molar-refractivity contribution >= 4 is 24.8 Å². The van der Waals surface area contributed by atoms with E-state index in [2.05, 4.69) is 38.9 Å². The Morgan fingerprint density at radius 1 is 1.30 bits per heavy atom. The molecule has 0 aliphatic carbocycles. The highest BCUT2D eigenvalue weighted by Crippen LogP contribution is 2.31. The third-order valence-electron chi connectivity index (χ3n) is 5.63. The minimum Gasteiger partial charge on any atom is -0.316 e. The molecule has 2 aliphatic rings. The molecule has 4 rings (SSSR count). The first-order valence-electron chi connectivity index (χ1n) is 9.37. The van der Waals surface area contributed by atoms with E-state index in [0.717, 1.165) is 44.8 Å². The first-order chi connectivity index (χ1) is 12.2. The van der Waals surface area contributed by atoms with Gasteiger partial charge in [-0.05, 0) is 37.6 Å². The summed E-state index contributed by atoms with van der Waals surface area (Å²) in [6.07, 6.45) is 5.00. The molecule has 0 aromatic carbocycles. The van der Waals surface area contributed by atoms with Crippen LogP contribution in [0, 0.1) is 5.92 Å². The van der Waals surface area contributed by atoms with Gasteiger partial charge in [-0.2, -0.15) is 5.10 Å². The van der Waals surface area contributed by atoms with Crippen LogP contribution in [-0.2, 0) is 19.6 Å². The molecule has 0 amide bonds. The van der Waals surface area contributed by atoms with Crippen LogP contribution in [0.4, 0.5) is 0 Å². The molecule has 0 spiro atoms. The second kappa shape index (κ2) is 9.73. The summed E-state index contributed by atoms with van der Waals surface area (Å²) in [5.41, 5.74) is 2.35. The van der Waals surface area contributed by atoms with Crippen molar-refractivity contribution in [2.24, 2.45) is 5.92 Å². The molecule has 150 valence electrons. The normalized spacial score (nSPS) is 20.5. The van der Waals surface area contributed by atoms with Gasteiger partial charge in [0, 0.05) is 55.7 Å². The number of nitrogens with one attached hydrogen (secondary N) is 1. The molecule has 0 saturated carbocycles. The maximum absolute atomic E-state index is 13.0. The molecular formula is C19H29Cl2N5O. The lowest BCUT2D eigenvalue weighted by atomic mass is 9.84. The molecule has 0 radical (unpaired) electrons. The second-order valence-corrected chi connectivity index (χ2v) is 7.29. The van der Waals surface area contributed by atoms with Gasteiger partial charge in [-0.3, -0.25) is 14.4 Å². The van der Waals surface area contributed by atoms with Crippen LogP contribution in [-0.4, -0.2) is 45.4 Å². The number of hydrogen-bond acceptors (Lipinski definition) is 4. The van der Waals surface area contributed by atoms with Crippen molar-refractivity contribution in [2.75, 3.05) is 26.2 Å². The minimum atomic E-state index is 0. The van der Waals surface area contributed by atoms with Crippen LogP contribution in [0.1, 0.15) is 30.5 Å². The monoisotopic (exact) mass is 413 g/mol. The molecule has 1 saturated heterocycles. The predicted molar refractivity (Wildman–Crippen MR) is 112 cm³/mol. The smallest absolute Gasteiger partial charge is 0.255 e. The van der Waals surface area contributed by atoms with Crippen LogP contribution in [0.25, 0.3) is 0 Å². The SMILES string of the molecule is CCN(CCn1cccn1)Cc1ccc2n(c1=O)C[C@@H]1CNC[C@H]2C1.Cl.Cl. The van der Waals surface area contributed by atoms with E-state index in [1.807, 2.05) is 16.9 Å². The van der Waals surface area contributed by atoms with Crippen molar-refractivity contribution < 1.29 is 0 Å². The lowest BCUT2D eigenvalue weighted by Gasteiger charge is -2.37. The van der Waals surface area contributed by atoms with Gasteiger partial charge >= 0.3 is 0 Å². The summed E-state index contributed by atoms with van der Waals surface area (Å²) in [5, 5.41) is 7.76. The molecule has 1 fully saturated rings. The molecule has 2 aliphatic heterocycles. The van der Waals surface area contributed by atoms with E-state index in [1.165, 1.54) is 12.1 Å². The number of nitrogens with zero attached hydrogens (tertiary/aromatic N) is 4. The van der Waals surface area contributed by atoms with Crippen LogP contribution in [0.3, 0.4) is 0 Å². The Morgan fingerprint density at radius 3 is 2.89 bits per heavy atom. The van der Waals surface area contributed by atoms with Crippen molar-refractivity contribution in [2.45, 2.75) is 38.9 Å². The summed E-state index contributed by atoms with van der Waals surface area (Å²) in [6, 6.07) is 6.18. The number of halogens is 2. The average molecular weight is 414 g/mol. The zero-order chi connectivity index (χ0) is 17.2. The van der Waals surface area contributed by atoms with E-state index < -0.39 is 0 Å². The van der Waals surface area contributed by atoms with Crippen molar-refractivity contribution in [3.63, 3.8) is 0 Å². The third kappa shape index (κ3) is 4.74. The molecule has 2 bridgehead atoms. The lowest BCUT2D eigenvalue weighted by Crippen LogP contribution is -2.45. The van der Waals surface area contributed by atoms with Gasteiger partial charge in [0.05, 0.1) is 6.54 Å². The van der Waals surface area contributed by atoms with Crippen molar-refractivity contribution in [3.05, 3.63) is 52.2 Å². The number of aromatic nitrogens is 3. The maximum Gasteiger partial charge on any atom is 0.255 e. The highest BCUT2D eigenvalue weighted by atomic mass is 35.5. The standard InChI is InChI=1S/C19H27N5O.2ClH/c1-2-22(8-9-23-7-3-6-21-23)14-16-4-5-18-17-10-15(11-20-12-17)13-24(18)19(16)25;;/h3-7,15,17,20H,2,8-14H2,1H3;2*1H/t15-,17+;;/m0../s1. The van der Waals surface area contributed by atoms with Crippen LogP contribution in [0.5, 0.6) is 0 Å². The van der Waals surface area contributed by atoms with E-state index in [-0.39, 0.29) is 30.4 Å². The predicted octanol–water partition coefficient (Wildman–Crippen LogP) is 2.12. The van der Waals surface area contributed by atoms with E-state index in [4.69, 9.17) is 0 Å². The summed E-state index contributed by atoms with van der Waals surface area (Å²) in [6.45, 7) is 8.44. The fourth-order valence-electron chi connectivity index (χ4n) is 4.22. The van der Waals surface area contributed by atoms with Crippen LogP contribution in [0.15, 0.2) is 35.4 Å². The zero-order valence-electron chi connectivity index (χ0n) is 15.7. The van der Waals surface area contributed by atoms with E-state index in [1.54, 1.807) is 6.20 Å². The van der Waals surface area contributed by atoms with Crippen molar-refractivity contribution in [1.29, 1.82) is 0 Å². The van der Waals surface area contributed by atoms with Crippen LogP contribution < -0.4 is 10.9 Å². The van der Waals surface area contributed by atoms with E-state index >= 15 is 0 Å². The summed E-state index contributed by atoms with van der Waals surface area (Å²) in [4.78, 5) is 15.3. The number of piperidine rings is 1. The molecule has 2 atom stereocenters. The second-order valence-electron chi connectivity index (χ2n) is 7.29. The van der Waals surface area contributed by atoms with Crippen LogP contribution >= 0.6 is 24.8 Å². The lowest BCUT2D eigenvalue weighted by molar-refractivity contribution is 0.248. The van der Waals surface area contributed by atoms with Gasteiger partial charge < -0.3 is 9.88 Å². The molecule has 27 heavy (non-hydrogen) atoms. The first kappa shape index (κ1) is 22.0. The number of hydrogen-bond donors (Lipinski definition) is 1. The average Bonchev–Trinajstić information content (AvgIpc) is 3.15. The molecule has 0 unspecified atom stereocenters. The van der Waals surface area contributed by atoms with Gasteiger partial charge in [0.25, 0.3) is 5.56 Å². The summed E-state index contributed by atoms with van der Waals surface area (Å²) in [5.74, 6) is 1.10. The Balaban J connectivity index is 0.00000131. The summed E-state index contributed by atoms with van der Waals surface area (Å²) >= 11 is 0. The van der Waals surface area contributed by atoms with Gasteiger partial charge in [-0.25, -0.2) is 0 Å². The Labute approximate surface area is 172 Å². The zero-order valence-corrected chi connectivity index (χ0v) is 17.3. The molecule has 8 heteroatoms. The number of pyridine rings is 1. The summed E-state index contributed by atoms with van der Waals surface area (Å²) < 4.78 is 3.99. The topological polar surface area (TPSA) is 55.1 Å². The molecule has 6 nitrogen and oxygen atoms in total. The highest BCUT2D eigenvalue weighted by Gasteiger charge is 2.31. The van der Waals surface area contributed by atoms with Gasteiger partial charge in [-0.15, -0.1) is 24.8 Å². The van der Waals surface area contributed by atoms with Gasteiger partial charge in [0.2, 0.25) is 0 Å². The molecule has 2 aromatic rings. The Bertz CT molecular complexity index is 777. The highest BCUT2D eigenvalue weighted by molar-refractivity contribution is 5.85. The number of fused-ring (bicyclic) bond motifs is 4. The van der Waals surface area contributed by atoms with Gasteiger partial charge in [-0.1, -0.05) is 13.0 Å². The first-order valence-corrected chi connectivity index (χ1v) is 9.37. The Hall–Kier alpha value is -1.34. The number of likely N-dealkylation sites (N-methyl/N-ethyl adjacent to an activating group) is 1. The van der Waals surface area contributed by atoms with Gasteiger partial charge in [0.15, 0.2) is 0 Å².